The van der Waals surface area contributed by atoms with Crippen LogP contribution in [-0.2, 0) is 0 Å². The number of carbonyl (C=O) groups is 2. The van der Waals surface area contributed by atoms with Crippen molar-refractivity contribution in [1.82, 2.24) is 20.8 Å². The second kappa shape index (κ2) is 7.85. The number of nitrogens with zero attached hydrogens (tertiary/aromatic N) is 2. The first-order chi connectivity index (χ1) is 14.1. The van der Waals surface area contributed by atoms with Crippen LogP contribution in [-0.4, -0.2) is 21.8 Å². The summed E-state index contributed by atoms with van der Waals surface area (Å²) in [6.45, 7) is 0. The summed E-state index contributed by atoms with van der Waals surface area (Å²) in [4.78, 5) is 33.4. The van der Waals surface area contributed by atoms with E-state index in [1.165, 1.54) is 18.3 Å². The largest absolute Gasteiger partial charge is 0.271 e. The van der Waals surface area contributed by atoms with Gasteiger partial charge in [-0.05, 0) is 48.5 Å². The Balaban J connectivity index is 1.65. The quantitative estimate of drug-likeness (QED) is 0.528. The topological polar surface area (TPSA) is 84.0 Å². The zero-order chi connectivity index (χ0) is 20.2. The molecule has 7 heteroatoms. The van der Waals surface area contributed by atoms with Gasteiger partial charge in [-0.2, -0.15) is 0 Å². The van der Waals surface area contributed by atoms with E-state index in [1.54, 1.807) is 54.7 Å². The number of rotatable bonds is 3. The zero-order valence-corrected chi connectivity index (χ0v) is 15.1. The van der Waals surface area contributed by atoms with Gasteiger partial charge in [0, 0.05) is 23.3 Å². The molecule has 29 heavy (non-hydrogen) atoms. The molecule has 0 aliphatic heterocycles. The molecular weight excluding hydrogens is 371 g/mol. The molecule has 142 valence electrons. The summed E-state index contributed by atoms with van der Waals surface area (Å²) in [5.74, 6) is -1.33. The van der Waals surface area contributed by atoms with Gasteiger partial charge in [0.2, 0.25) is 0 Å². The number of para-hydroxylation sites is 1. The Morgan fingerprint density at radius 2 is 1.62 bits per heavy atom. The highest BCUT2D eigenvalue weighted by Gasteiger charge is 2.15. The molecular formula is C22H15FN4O2. The molecule has 4 aromatic rings. The average Bonchev–Trinajstić information content (AvgIpc) is 2.77. The van der Waals surface area contributed by atoms with Crippen molar-refractivity contribution in [2.24, 2.45) is 0 Å². The second-order valence-electron chi connectivity index (χ2n) is 6.23. The van der Waals surface area contributed by atoms with Crippen LogP contribution in [0.1, 0.15) is 20.7 Å². The summed E-state index contributed by atoms with van der Waals surface area (Å²) >= 11 is 0. The van der Waals surface area contributed by atoms with Gasteiger partial charge in [-0.15, -0.1) is 0 Å². The molecule has 0 atom stereocenters. The molecule has 2 aromatic carbocycles. The van der Waals surface area contributed by atoms with Gasteiger partial charge in [0.05, 0.1) is 22.3 Å². The number of carbonyl (C=O) groups excluding carboxylic acids is 2. The third-order valence-electron chi connectivity index (χ3n) is 4.31. The average molecular weight is 386 g/mol. The highest BCUT2D eigenvalue weighted by atomic mass is 19.1. The highest BCUT2D eigenvalue weighted by Crippen LogP contribution is 2.25. The molecule has 4 rings (SSSR count). The summed E-state index contributed by atoms with van der Waals surface area (Å²) < 4.78 is 13.2. The van der Waals surface area contributed by atoms with Gasteiger partial charge in [-0.3, -0.25) is 25.4 Å². The lowest BCUT2D eigenvalue weighted by molar-refractivity contribution is 0.0847. The Labute approximate surface area is 165 Å². The number of hydrazine groups is 1. The Morgan fingerprint density at radius 3 is 2.38 bits per heavy atom. The Bertz CT molecular complexity index is 1190. The van der Waals surface area contributed by atoms with Gasteiger partial charge in [-0.25, -0.2) is 9.37 Å². The number of aromatic nitrogens is 2. The second-order valence-corrected chi connectivity index (χ2v) is 6.23. The number of hydrogen-bond donors (Lipinski definition) is 2. The number of pyridine rings is 2. The number of fused-ring (bicyclic) bond motifs is 1. The molecule has 0 radical (unpaired) electrons. The normalized spacial score (nSPS) is 10.5. The maximum atomic E-state index is 13.2. The molecule has 0 aliphatic carbocycles. The number of nitrogens with one attached hydrogen (secondary N) is 2. The van der Waals surface area contributed by atoms with Crippen molar-refractivity contribution in [1.29, 1.82) is 0 Å². The van der Waals surface area contributed by atoms with Crippen LogP contribution in [0.5, 0.6) is 0 Å². The fraction of sp³-hybridized carbons (Fsp3) is 0. The molecule has 0 bridgehead atoms. The predicted molar refractivity (Wildman–Crippen MR) is 106 cm³/mol. The van der Waals surface area contributed by atoms with Gasteiger partial charge in [0.15, 0.2) is 0 Å². The molecule has 2 heterocycles. The van der Waals surface area contributed by atoms with Gasteiger partial charge >= 0.3 is 0 Å². The molecule has 2 N–H and O–H groups in total. The van der Waals surface area contributed by atoms with Crippen molar-refractivity contribution in [3.63, 3.8) is 0 Å². The van der Waals surface area contributed by atoms with Crippen molar-refractivity contribution in [2.75, 3.05) is 0 Å². The summed E-state index contributed by atoms with van der Waals surface area (Å²) in [6, 6.07) is 17.9. The Hall–Kier alpha value is -4.13. The summed E-state index contributed by atoms with van der Waals surface area (Å²) in [5, 5.41) is 0.631. The Morgan fingerprint density at radius 1 is 0.862 bits per heavy atom. The molecule has 0 saturated heterocycles. The van der Waals surface area contributed by atoms with Crippen LogP contribution in [0.2, 0.25) is 0 Å². The van der Waals surface area contributed by atoms with Crippen LogP contribution in [0.4, 0.5) is 4.39 Å². The fourth-order valence-electron chi connectivity index (χ4n) is 2.88. The minimum absolute atomic E-state index is 0.319. The molecule has 0 aliphatic rings. The first kappa shape index (κ1) is 18.2. The molecule has 0 spiro atoms. The van der Waals surface area contributed by atoms with Crippen LogP contribution in [0.15, 0.2) is 79.1 Å². The predicted octanol–water partition coefficient (Wildman–Crippen LogP) is 3.51. The maximum absolute atomic E-state index is 13.2. The van der Waals surface area contributed by atoms with E-state index < -0.39 is 11.8 Å². The van der Waals surface area contributed by atoms with E-state index in [1.807, 2.05) is 6.07 Å². The van der Waals surface area contributed by atoms with Crippen LogP contribution < -0.4 is 10.9 Å². The van der Waals surface area contributed by atoms with E-state index in [0.717, 1.165) is 0 Å². The van der Waals surface area contributed by atoms with Crippen molar-refractivity contribution >= 4 is 22.7 Å². The van der Waals surface area contributed by atoms with Crippen LogP contribution >= 0.6 is 0 Å². The van der Waals surface area contributed by atoms with E-state index in [0.29, 0.717) is 33.3 Å². The maximum Gasteiger partial charge on any atom is 0.271 e. The number of amides is 2. The molecule has 0 unspecified atom stereocenters. The van der Waals surface area contributed by atoms with Gasteiger partial charge < -0.3 is 0 Å². The molecule has 2 amide bonds. The minimum atomic E-state index is -0.496. The number of benzene rings is 2. The van der Waals surface area contributed by atoms with Gasteiger partial charge in [-0.1, -0.05) is 18.2 Å². The van der Waals surface area contributed by atoms with Crippen molar-refractivity contribution in [2.45, 2.75) is 0 Å². The molecule has 0 saturated carbocycles. The lowest BCUT2D eigenvalue weighted by Crippen LogP contribution is -2.41. The Kier molecular flexibility index (Phi) is 4.94. The lowest BCUT2D eigenvalue weighted by Gasteiger charge is -2.11. The molecule has 0 fully saturated rings. The molecule has 2 aromatic heterocycles. The fourth-order valence-corrected chi connectivity index (χ4v) is 2.88. The van der Waals surface area contributed by atoms with E-state index in [-0.39, 0.29) is 5.82 Å². The van der Waals surface area contributed by atoms with Crippen LogP contribution in [0.3, 0.4) is 0 Å². The minimum Gasteiger partial charge on any atom is -0.267 e. The molecule has 6 nitrogen and oxygen atoms in total. The van der Waals surface area contributed by atoms with E-state index in [2.05, 4.69) is 20.8 Å². The first-order valence-electron chi connectivity index (χ1n) is 8.78. The van der Waals surface area contributed by atoms with Gasteiger partial charge in [0.25, 0.3) is 11.8 Å². The standard InChI is InChI=1S/C22H15FN4O2/c23-16-9-7-14(8-10-16)20-12-18(17-5-1-2-6-19(17)25-20)22(29)27-26-21(28)15-4-3-11-24-13-15/h1-13H,(H,26,28)(H,27,29). The monoisotopic (exact) mass is 386 g/mol. The van der Waals surface area contributed by atoms with E-state index in [9.17, 15) is 14.0 Å². The SMILES string of the molecule is O=C(NNC(=O)c1cc(-c2ccc(F)cc2)nc2ccccc12)c1cccnc1. The third-order valence-corrected chi connectivity index (χ3v) is 4.31. The lowest BCUT2D eigenvalue weighted by atomic mass is 10.0. The van der Waals surface area contributed by atoms with Gasteiger partial charge in [0.1, 0.15) is 5.82 Å². The van der Waals surface area contributed by atoms with Crippen LogP contribution in [0, 0.1) is 5.82 Å². The van der Waals surface area contributed by atoms with Crippen molar-refractivity contribution in [3.8, 4) is 11.3 Å². The summed E-state index contributed by atoms with van der Waals surface area (Å²) in [7, 11) is 0. The van der Waals surface area contributed by atoms with E-state index >= 15 is 0 Å². The third kappa shape index (κ3) is 3.93. The van der Waals surface area contributed by atoms with Crippen molar-refractivity contribution < 1.29 is 14.0 Å². The van der Waals surface area contributed by atoms with E-state index in [4.69, 9.17) is 0 Å². The number of halogens is 1. The zero-order valence-electron chi connectivity index (χ0n) is 15.1. The first-order valence-corrected chi connectivity index (χ1v) is 8.78. The van der Waals surface area contributed by atoms with Crippen molar-refractivity contribution in [3.05, 3.63) is 96.1 Å². The number of hydrogen-bond acceptors (Lipinski definition) is 4. The summed E-state index contributed by atoms with van der Waals surface area (Å²) in [6.07, 6.45) is 2.95. The smallest absolute Gasteiger partial charge is 0.267 e. The highest BCUT2D eigenvalue weighted by molar-refractivity contribution is 6.08. The van der Waals surface area contributed by atoms with Crippen LogP contribution in [0.25, 0.3) is 22.2 Å². The summed E-state index contributed by atoms with van der Waals surface area (Å²) in [5.41, 5.74) is 7.26.